The topological polar surface area (TPSA) is 26.0 Å². The highest BCUT2D eigenvalue weighted by Gasteiger charge is 1.90. The Morgan fingerprint density at radius 3 is 2.42 bits per heavy atom. The normalized spacial score (nSPS) is 12.0. The van der Waals surface area contributed by atoms with Crippen molar-refractivity contribution in [2.75, 3.05) is 0 Å². The first-order chi connectivity index (χ1) is 5.81. The van der Waals surface area contributed by atoms with E-state index in [1.165, 1.54) is 32.1 Å². The molecule has 0 heterocycles. The molecule has 0 spiro atoms. The first-order valence-electron chi connectivity index (χ1n) is 5.25. The predicted octanol–water partition coefficient (Wildman–Crippen LogP) is 3.60. The van der Waals surface area contributed by atoms with Gasteiger partial charge >= 0.3 is 0 Å². The molecule has 0 saturated heterocycles. The minimum absolute atomic E-state index is 1.09. The van der Waals surface area contributed by atoms with Crippen LogP contribution in [-0.2, 0) is 0 Å². The highest BCUT2D eigenvalue weighted by atomic mass is 14.6. The lowest BCUT2D eigenvalue weighted by molar-refractivity contribution is 0.660. The second-order valence-electron chi connectivity index (χ2n) is 3.38. The highest BCUT2D eigenvalue weighted by Crippen LogP contribution is 2.07. The lowest BCUT2D eigenvalue weighted by Crippen LogP contribution is -1.96. The van der Waals surface area contributed by atoms with Crippen molar-refractivity contribution in [2.45, 2.75) is 58.8 Å². The summed E-state index contributed by atoms with van der Waals surface area (Å²) in [5, 5.41) is 0. The minimum Gasteiger partial charge on any atom is -0.402 e. The summed E-state index contributed by atoms with van der Waals surface area (Å²) in [5.41, 5.74) is 6.89. The largest absolute Gasteiger partial charge is 0.402 e. The molecule has 0 saturated carbocycles. The molecule has 0 bridgehead atoms. The molecule has 0 rings (SSSR count). The average Bonchev–Trinajstić information content (AvgIpc) is 2.09. The highest BCUT2D eigenvalue weighted by molar-refractivity contribution is 4.95. The van der Waals surface area contributed by atoms with E-state index in [0.29, 0.717) is 0 Å². The molecule has 0 aliphatic carbocycles. The quantitative estimate of drug-likeness (QED) is 0.579. The molecule has 72 valence electrons. The van der Waals surface area contributed by atoms with Crippen LogP contribution in [0.25, 0.3) is 0 Å². The molecule has 0 aliphatic heterocycles. The monoisotopic (exact) mass is 169 g/mol. The van der Waals surface area contributed by atoms with Gasteiger partial charge in [-0.25, -0.2) is 0 Å². The second-order valence-corrected chi connectivity index (χ2v) is 3.38. The Morgan fingerprint density at radius 2 is 1.83 bits per heavy atom. The zero-order valence-electron chi connectivity index (χ0n) is 8.60. The summed E-state index contributed by atoms with van der Waals surface area (Å²) in [7, 11) is 0. The molecular formula is C11H23N. The van der Waals surface area contributed by atoms with Gasteiger partial charge in [0.2, 0.25) is 0 Å². The van der Waals surface area contributed by atoms with Crippen LogP contribution in [0.1, 0.15) is 58.8 Å². The SMILES string of the molecule is CCCC=C(N)CCCCCC. The zero-order chi connectivity index (χ0) is 9.23. The van der Waals surface area contributed by atoms with Crippen molar-refractivity contribution in [3.63, 3.8) is 0 Å². The fraction of sp³-hybridized carbons (Fsp3) is 0.818. The van der Waals surface area contributed by atoms with Crippen LogP contribution in [0.3, 0.4) is 0 Å². The summed E-state index contributed by atoms with van der Waals surface area (Å²) >= 11 is 0. The van der Waals surface area contributed by atoms with E-state index in [1.807, 2.05) is 0 Å². The lowest BCUT2D eigenvalue weighted by atomic mass is 10.1. The summed E-state index contributed by atoms with van der Waals surface area (Å²) in [5.74, 6) is 0. The van der Waals surface area contributed by atoms with E-state index in [9.17, 15) is 0 Å². The van der Waals surface area contributed by atoms with Crippen molar-refractivity contribution in [3.8, 4) is 0 Å². The molecule has 0 aromatic carbocycles. The van der Waals surface area contributed by atoms with Gasteiger partial charge in [-0.2, -0.15) is 0 Å². The fourth-order valence-electron chi connectivity index (χ4n) is 1.19. The van der Waals surface area contributed by atoms with E-state index >= 15 is 0 Å². The van der Waals surface area contributed by atoms with E-state index in [1.54, 1.807) is 0 Å². The molecule has 0 aromatic heterocycles. The standard InChI is InChI=1S/C11H23N/c1-3-5-7-8-10-11(12)9-6-4-2/h9H,3-8,10,12H2,1-2H3. The van der Waals surface area contributed by atoms with E-state index in [0.717, 1.165) is 18.5 Å². The maximum Gasteiger partial charge on any atom is 0.00399 e. The van der Waals surface area contributed by atoms with Gasteiger partial charge in [0.05, 0.1) is 0 Å². The molecule has 1 nitrogen and oxygen atoms in total. The Labute approximate surface area is 77.0 Å². The van der Waals surface area contributed by atoms with Crippen molar-refractivity contribution in [1.82, 2.24) is 0 Å². The van der Waals surface area contributed by atoms with Gasteiger partial charge in [-0.15, -0.1) is 0 Å². The third-order valence-corrected chi connectivity index (χ3v) is 2.01. The molecule has 0 amide bonds. The maximum absolute atomic E-state index is 5.80. The number of hydrogen-bond donors (Lipinski definition) is 1. The maximum atomic E-state index is 5.80. The molecule has 2 N–H and O–H groups in total. The van der Waals surface area contributed by atoms with Gasteiger partial charge in [0.25, 0.3) is 0 Å². The molecule has 0 aliphatic rings. The molecule has 12 heavy (non-hydrogen) atoms. The average molecular weight is 169 g/mol. The first kappa shape index (κ1) is 11.5. The van der Waals surface area contributed by atoms with Gasteiger partial charge in [-0.05, 0) is 19.3 Å². The van der Waals surface area contributed by atoms with Gasteiger partial charge in [-0.1, -0.05) is 45.6 Å². The Kier molecular flexibility index (Phi) is 8.30. The van der Waals surface area contributed by atoms with Crippen LogP contribution in [-0.4, -0.2) is 0 Å². The summed E-state index contributed by atoms with van der Waals surface area (Å²) < 4.78 is 0. The van der Waals surface area contributed by atoms with Crippen LogP contribution >= 0.6 is 0 Å². The van der Waals surface area contributed by atoms with E-state index in [4.69, 9.17) is 5.73 Å². The van der Waals surface area contributed by atoms with Crippen LogP contribution in [0.2, 0.25) is 0 Å². The Morgan fingerprint density at radius 1 is 1.08 bits per heavy atom. The van der Waals surface area contributed by atoms with E-state index in [-0.39, 0.29) is 0 Å². The summed E-state index contributed by atoms with van der Waals surface area (Å²) in [4.78, 5) is 0. The van der Waals surface area contributed by atoms with Gasteiger partial charge < -0.3 is 5.73 Å². The smallest absolute Gasteiger partial charge is 0.00399 e. The number of nitrogens with two attached hydrogens (primary N) is 1. The van der Waals surface area contributed by atoms with Crippen molar-refractivity contribution >= 4 is 0 Å². The lowest BCUT2D eigenvalue weighted by Gasteiger charge is -2.00. The second kappa shape index (κ2) is 8.63. The van der Waals surface area contributed by atoms with Crippen molar-refractivity contribution in [3.05, 3.63) is 11.8 Å². The molecule has 0 fully saturated rings. The van der Waals surface area contributed by atoms with Crippen LogP contribution in [0.15, 0.2) is 11.8 Å². The van der Waals surface area contributed by atoms with Gasteiger partial charge in [-0.3, -0.25) is 0 Å². The fourth-order valence-corrected chi connectivity index (χ4v) is 1.19. The first-order valence-corrected chi connectivity index (χ1v) is 5.25. The van der Waals surface area contributed by atoms with Crippen molar-refractivity contribution in [1.29, 1.82) is 0 Å². The number of rotatable bonds is 7. The van der Waals surface area contributed by atoms with Crippen LogP contribution in [0.5, 0.6) is 0 Å². The number of unbranched alkanes of at least 4 members (excludes halogenated alkanes) is 4. The molecule has 0 aromatic rings. The number of hydrogen-bond acceptors (Lipinski definition) is 1. The van der Waals surface area contributed by atoms with Crippen LogP contribution < -0.4 is 5.73 Å². The molecule has 0 radical (unpaired) electrons. The third-order valence-electron chi connectivity index (χ3n) is 2.01. The third kappa shape index (κ3) is 7.64. The zero-order valence-corrected chi connectivity index (χ0v) is 8.60. The van der Waals surface area contributed by atoms with Crippen molar-refractivity contribution < 1.29 is 0 Å². The van der Waals surface area contributed by atoms with Crippen LogP contribution in [0, 0.1) is 0 Å². The van der Waals surface area contributed by atoms with Gasteiger partial charge in [0.15, 0.2) is 0 Å². The Balaban J connectivity index is 3.24. The Bertz CT molecular complexity index is 116. The van der Waals surface area contributed by atoms with Crippen molar-refractivity contribution in [2.24, 2.45) is 5.73 Å². The molecule has 0 unspecified atom stereocenters. The summed E-state index contributed by atoms with van der Waals surface area (Å²) in [6, 6.07) is 0. The Hall–Kier alpha value is -0.460. The van der Waals surface area contributed by atoms with E-state index < -0.39 is 0 Å². The van der Waals surface area contributed by atoms with E-state index in [2.05, 4.69) is 19.9 Å². The van der Waals surface area contributed by atoms with Gasteiger partial charge in [0.1, 0.15) is 0 Å². The van der Waals surface area contributed by atoms with Crippen LogP contribution in [0.4, 0.5) is 0 Å². The minimum atomic E-state index is 1.09. The number of allylic oxidation sites excluding steroid dienone is 2. The molecule has 1 heteroatoms. The molecular weight excluding hydrogens is 146 g/mol. The summed E-state index contributed by atoms with van der Waals surface area (Å²) in [6.07, 6.45) is 10.9. The molecule has 0 atom stereocenters. The predicted molar refractivity (Wildman–Crippen MR) is 55.9 cm³/mol. The summed E-state index contributed by atoms with van der Waals surface area (Å²) in [6.45, 7) is 4.41. The van der Waals surface area contributed by atoms with Gasteiger partial charge in [0, 0.05) is 5.70 Å².